The number of thiazole rings is 1. The maximum absolute atomic E-state index is 6.12. The van der Waals surface area contributed by atoms with Crippen molar-refractivity contribution in [2.45, 2.75) is 33.7 Å². The third-order valence-electron chi connectivity index (χ3n) is 2.64. The first-order valence-corrected chi connectivity index (χ1v) is 5.46. The van der Waals surface area contributed by atoms with Crippen molar-refractivity contribution in [3.8, 4) is 0 Å². The fourth-order valence-electron chi connectivity index (χ4n) is 1.15. The molecule has 2 nitrogen and oxygen atoms in total. The second kappa shape index (κ2) is 3.76. The van der Waals surface area contributed by atoms with Gasteiger partial charge in [0.2, 0.25) is 0 Å². The first kappa shape index (κ1) is 10.7. The Bertz CT molecular complexity index is 248. The van der Waals surface area contributed by atoms with Crippen molar-refractivity contribution in [2.75, 3.05) is 0 Å². The minimum atomic E-state index is 0.0694. The average Bonchev–Trinajstić information content (AvgIpc) is 2.51. The van der Waals surface area contributed by atoms with Gasteiger partial charge in [0.15, 0.2) is 0 Å². The number of hydrogen-bond acceptors (Lipinski definition) is 3. The summed E-state index contributed by atoms with van der Waals surface area (Å²) in [4.78, 5) is 4.24. The van der Waals surface area contributed by atoms with Crippen molar-refractivity contribution < 1.29 is 0 Å². The summed E-state index contributed by atoms with van der Waals surface area (Å²) in [7, 11) is 0. The largest absolute Gasteiger partial charge is 0.322 e. The van der Waals surface area contributed by atoms with Crippen molar-refractivity contribution in [3.63, 3.8) is 0 Å². The van der Waals surface area contributed by atoms with Crippen LogP contribution in [0, 0.1) is 11.3 Å². The average molecular weight is 198 g/mol. The monoisotopic (exact) mass is 198 g/mol. The third-order valence-corrected chi connectivity index (χ3v) is 3.52. The van der Waals surface area contributed by atoms with Crippen molar-refractivity contribution in [1.82, 2.24) is 4.98 Å². The van der Waals surface area contributed by atoms with Crippen LogP contribution in [0.4, 0.5) is 0 Å². The molecule has 0 aliphatic carbocycles. The summed E-state index contributed by atoms with van der Waals surface area (Å²) >= 11 is 1.64. The Morgan fingerprint density at radius 3 is 2.46 bits per heavy atom. The van der Waals surface area contributed by atoms with E-state index in [1.807, 2.05) is 11.6 Å². The van der Waals surface area contributed by atoms with E-state index in [1.54, 1.807) is 11.3 Å². The topological polar surface area (TPSA) is 38.9 Å². The van der Waals surface area contributed by atoms with E-state index in [0.717, 1.165) is 5.01 Å². The lowest BCUT2D eigenvalue weighted by molar-refractivity contribution is 0.222. The number of rotatable bonds is 2. The van der Waals surface area contributed by atoms with E-state index in [2.05, 4.69) is 32.7 Å². The number of hydrogen-bond donors (Lipinski definition) is 1. The van der Waals surface area contributed by atoms with Crippen LogP contribution in [0.25, 0.3) is 0 Å². The molecule has 0 bridgehead atoms. The minimum absolute atomic E-state index is 0.0694. The summed E-state index contributed by atoms with van der Waals surface area (Å²) in [6.07, 6.45) is 1.81. The predicted molar refractivity (Wildman–Crippen MR) is 57.7 cm³/mol. The maximum Gasteiger partial charge on any atom is 0.110 e. The van der Waals surface area contributed by atoms with E-state index in [1.165, 1.54) is 0 Å². The van der Waals surface area contributed by atoms with Gasteiger partial charge in [0.05, 0.1) is 6.04 Å². The van der Waals surface area contributed by atoms with Crippen LogP contribution >= 0.6 is 11.3 Å². The molecule has 2 N–H and O–H groups in total. The summed E-state index contributed by atoms with van der Waals surface area (Å²) < 4.78 is 0. The van der Waals surface area contributed by atoms with Crippen LogP contribution in [-0.2, 0) is 0 Å². The number of nitrogens with zero attached hydrogens (tertiary/aromatic N) is 1. The number of aromatic nitrogens is 1. The Hall–Kier alpha value is -0.410. The summed E-state index contributed by atoms with van der Waals surface area (Å²) in [5.41, 5.74) is 6.36. The summed E-state index contributed by atoms with van der Waals surface area (Å²) in [6.45, 7) is 8.83. The molecular formula is C10H18N2S. The molecule has 0 aromatic carbocycles. The molecule has 2 unspecified atom stereocenters. The van der Waals surface area contributed by atoms with Crippen molar-refractivity contribution in [3.05, 3.63) is 16.6 Å². The van der Waals surface area contributed by atoms with Crippen LogP contribution in [0.2, 0.25) is 0 Å². The van der Waals surface area contributed by atoms with Crippen LogP contribution in [0.5, 0.6) is 0 Å². The van der Waals surface area contributed by atoms with Gasteiger partial charge in [0.1, 0.15) is 5.01 Å². The van der Waals surface area contributed by atoms with E-state index in [0.29, 0.717) is 5.92 Å². The maximum atomic E-state index is 6.12. The molecule has 74 valence electrons. The molecule has 0 aliphatic heterocycles. The van der Waals surface area contributed by atoms with Gasteiger partial charge in [-0.2, -0.15) is 0 Å². The van der Waals surface area contributed by atoms with Gasteiger partial charge in [-0.25, -0.2) is 4.98 Å². The van der Waals surface area contributed by atoms with Crippen LogP contribution < -0.4 is 5.73 Å². The second-order valence-corrected chi connectivity index (χ2v) is 5.48. The molecular weight excluding hydrogens is 180 g/mol. The van der Waals surface area contributed by atoms with Crippen molar-refractivity contribution in [1.29, 1.82) is 0 Å². The molecule has 0 aliphatic rings. The molecule has 0 amide bonds. The highest BCUT2D eigenvalue weighted by Crippen LogP contribution is 2.34. The normalized spacial score (nSPS) is 17.0. The van der Waals surface area contributed by atoms with Crippen molar-refractivity contribution >= 4 is 11.3 Å². The Labute approximate surface area is 84.2 Å². The molecule has 0 saturated carbocycles. The molecule has 2 atom stereocenters. The minimum Gasteiger partial charge on any atom is -0.322 e. The Kier molecular flexibility index (Phi) is 3.09. The molecule has 0 spiro atoms. The summed E-state index contributed by atoms with van der Waals surface area (Å²) in [5, 5.41) is 3.02. The Morgan fingerprint density at radius 2 is 2.08 bits per heavy atom. The SMILES string of the molecule is CC(C(N)c1nccs1)C(C)(C)C. The molecule has 3 heteroatoms. The highest BCUT2D eigenvalue weighted by Gasteiger charge is 2.27. The van der Waals surface area contributed by atoms with E-state index >= 15 is 0 Å². The summed E-state index contributed by atoms with van der Waals surface area (Å²) in [6, 6.07) is 0.0694. The molecule has 0 radical (unpaired) electrons. The zero-order valence-electron chi connectivity index (χ0n) is 8.74. The zero-order chi connectivity index (χ0) is 10.1. The highest BCUT2D eigenvalue weighted by atomic mass is 32.1. The third kappa shape index (κ3) is 2.51. The molecule has 1 heterocycles. The zero-order valence-corrected chi connectivity index (χ0v) is 9.56. The first-order chi connectivity index (χ1) is 5.93. The molecule has 1 aromatic heterocycles. The summed E-state index contributed by atoms with van der Waals surface area (Å²) in [5.74, 6) is 0.443. The fourth-order valence-corrected chi connectivity index (χ4v) is 1.90. The van der Waals surface area contributed by atoms with E-state index < -0.39 is 0 Å². The van der Waals surface area contributed by atoms with Crippen molar-refractivity contribution in [2.24, 2.45) is 17.1 Å². The van der Waals surface area contributed by atoms with Crippen LogP contribution in [0.3, 0.4) is 0 Å². The lowest BCUT2D eigenvalue weighted by atomic mass is 9.78. The Balaban J connectivity index is 2.74. The van der Waals surface area contributed by atoms with Crippen LogP contribution in [0.15, 0.2) is 11.6 Å². The standard InChI is InChI=1S/C10H18N2S/c1-7(10(2,3)4)8(11)9-12-5-6-13-9/h5-8H,11H2,1-4H3. The van der Waals surface area contributed by atoms with Gasteiger partial charge in [0.25, 0.3) is 0 Å². The molecule has 0 fully saturated rings. The quantitative estimate of drug-likeness (QED) is 0.793. The smallest absolute Gasteiger partial charge is 0.110 e. The lowest BCUT2D eigenvalue weighted by Gasteiger charge is -2.31. The molecule has 1 aromatic rings. The molecule has 1 rings (SSSR count). The lowest BCUT2D eigenvalue weighted by Crippen LogP contribution is -2.29. The predicted octanol–water partition coefficient (Wildman–Crippen LogP) is 2.83. The van der Waals surface area contributed by atoms with Gasteiger partial charge in [0, 0.05) is 11.6 Å². The molecule has 13 heavy (non-hydrogen) atoms. The van der Waals surface area contributed by atoms with Crippen LogP contribution in [0.1, 0.15) is 38.7 Å². The van der Waals surface area contributed by atoms with Gasteiger partial charge in [-0.3, -0.25) is 0 Å². The van der Waals surface area contributed by atoms with Gasteiger partial charge in [-0.15, -0.1) is 11.3 Å². The first-order valence-electron chi connectivity index (χ1n) is 4.58. The molecule has 0 saturated heterocycles. The van der Waals surface area contributed by atoms with E-state index in [9.17, 15) is 0 Å². The second-order valence-electron chi connectivity index (χ2n) is 4.55. The van der Waals surface area contributed by atoms with E-state index in [4.69, 9.17) is 5.73 Å². The van der Waals surface area contributed by atoms with Gasteiger partial charge in [-0.05, 0) is 11.3 Å². The Morgan fingerprint density at radius 1 is 1.46 bits per heavy atom. The number of nitrogens with two attached hydrogens (primary N) is 1. The van der Waals surface area contributed by atoms with Gasteiger partial charge >= 0.3 is 0 Å². The fraction of sp³-hybridized carbons (Fsp3) is 0.700. The van der Waals surface area contributed by atoms with Crippen LogP contribution in [-0.4, -0.2) is 4.98 Å². The van der Waals surface area contributed by atoms with E-state index in [-0.39, 0.29) is 11.5 Å². The van der Waals surface area contributed by atoms with Gasteiger partial charge in [-0.1, -0.05) is 27.7 Å². The van der Waals surface area contributed by atoms with Gasteiger partial charge < -0.3 is 5.73 Å². The highest BCUT2D eigenvalue weighted by molar-refractivity contribution is 7.09.